The van der Waals surface area contributed by atoms with Crippen LogP contribution < -0.4 is 0 Å². The summed E-state index contributed by atoms with van der Waals surface area (Å²) in [5.74, 6) is -3.77. The van der Waals surface area contributed by atoms with Crippen LogP contribution in [0.4, 0.5) is 0 Å². The van der Waals surface area contributed by atoms with Crippen LogP contribution in [-0.4, -0.2) is 68.8 Å². The number of carbonyl (C=O) groups is 3. The number of rotatable bonds is 5. The number of carbonyl (C=O) groups excluding carboxylic acids is 3. The van der Waals surface area contributed by atoms with E-state index < -0.39 is 76.2 Å². The molecule has 0 spiro atoms. The quantitative estimate of drug-likeness (QED) is 0.255. The highest BCUT2D eigenvalue weighted by Gasteiger charge is 2.74. The van der Waals surface area contributed by atoms with Gasteiger partial charge in [0, 0.05) is 37.0 Å². The second kappa shape index (κ2) is 11.3. The molecule has 4 rings (SSSR count). The Morgan fingerprint density at radius 3 is 2.09 bits per heavy atom. The fraction of sp³-hybridized carbons (Fsp3) is 0.676. The maximum absolute atomic E-state index is 13.9. The first-order valence-corrected chi connectivity index (χ1v) is 15.3. The van der Waals surface area contributed by atoms with Crippen LogP contribution in [0.5, 0.6) is 0 Å². The predicted molar refractivity (Wildman–Crippen MR) is 159 cm³/mol. The Balaban J connectivity index is 2.15. The zero-order valence-electron chi connectivity index (χ0n) is 26.8. The largest absolute Gasteiger partial charge is 0.461 e. The van der Waals surface area contributed by atoms with Gasteiger partial charge in [0.2, 0.25) is 0 Å². The van der Waals surface area contributed by atoms with E-state index in [0.717, 1.165) is 0 Å². The molecule has 238 valence electrons. The van der Waals surface area contributed by atoms with Crippen molar-refractivity contribution in [2.24, 2.45) is 28.6 Å². The Kier molecular flexibility index (Phi) is 8.72. The summed E-state index contributed by atoms with van der Waals surface area (Å²) in [5, 5.41) is 36.3. The zero-order valence-corrected chi connectivity index (χ0v) is 26.8. The fourth-order valence-electron chi connectivity index (χ4n) is 9.10. The minimum absolute atomic E-state index is 0.127. The molecule has 3 N–H and O–H groups in total. The minimum atomic E-state index is -1.88. The molecule has 3 aliphatic carbocycles. The van der Waals surface area contributed by atoms with Gasteiger partial charge < -0.3 is 29.5 Å². The SMILES string of the molecule is CC[C@@]1(OC(C)=O)C2[C@H](OC(=O)c3ccccc3)[C@]3(O)C[C@H](O)C(C)=C([C@@H](C)[C@@H](OC(C)=O)[C@]2(C)[C@@H](C)C[C@H]1O)C3(C)C. The molecule has 2 fully saturated rings. The summed E-state index contributed by atoms with van der Waals surface area (Å²) in [4.78, 5) is 39.5. The van der Waals surface area contributed by atoms with Gasteiger partial charge in [-0.2, -0.15) is 0 Å². The van der Waals surface area contributed by atoms with Crippen LogP contribution >= 0.6 is 0 Å². The zero-order chi connectivity index (χ0) is 32.3. The number of aliphatic hydroxyl groups excluding tert-OH is 2. The summed E-state index contributed by atoms with van der Waals surface area (Å²) < 4.78 is 18.7. The van der Waals surface area contributed by atoms with Crippen LogP contribution in [-0.2, 0) is 23.8 Å². The van der Waals surface area contributed by atoms with Gasteiger partial charge in [-0.15, -0.1) is 0 Å². The molecule has 1 unspecified atom stereocenters. The Bertz CT molecular complexity index is 1290. The lowest BCUT2D eigenvalue weighted by Gasteiger charge is -2.67. The summed E-state index contributed by atoms with van der Waals surface area (Å²) in [6.07, 6.45) is -4.35. The molecule has 9 nitrogen and oxygen atoms in total. The highest BCUT2D eigenvalue weighted by atomic mass is 16.6. The standard InChI is InChI=1S/C34H48O9/c1-10-33(43-22(6)36)25(38)16-18(2)32(9)27(33)29(42-30(39)23-14-12-11-13-15-23)34(40)17-24(37)19(3)26(31(34,7)8)20(4)28(32)41-21(5)35/h11-15,18,20,24-25,27-29,37-38,40H,10,16-17H2,1-9H3/t18-,20+,24-,25+,27?,28+,29-,32+,33-,34+/m0/s1. The normalized spacial score (nSPS) is 40.4. The van der Waals surface area contributed by atoms with E-state index in [1.165, 1.54) is 13.8 Å². The van der Waals surface area contributed by atoms with Gasteiger partial charge in [-0.05, 0) is 43.4 Å². The van der Waals surface area contributed by atoms with Crippen LogP contribution in [0, 0.1) is 28.6 Å². The first-order chi connectivity index (χ1) is 19.9. The van der Waals surface area contributed by atoms with Crippen LogP contribution in [0.2, 0.25) is 0 Å². The molecule has 1 aromatic rings. The third kappa shape index (κ3) is 4.92. The summed E-state index contributed by atoms with van der Waals surface area (Å²) in [5.41, 5.74) is -4.08. The van der Waals surface area contributed by atoms with Crippen molar-refractivity contribution in [1.29, 1.82) is 0 Å². The number of fused-ring (bicyclic) bond motifs is 3. The lowest BCUT2D eigenvalue weighted by Crippen LogP contribution is -2.76. The van der Waals surface area contributed by atoms with Gasteiger partial charge in [0.1, 0.15) is 23.4 Å². The van der Waals surface area contributed by atoms with Crippen molar-refractivity contribution in [1.82, 2.24) is 0 Å². The van der Waals surface area contributed by atoms with Crippen LogP contribution in [0.25, 0.3) is 0 Å². The summed E-state index contributed by atoms with van der Waals surface area (Å²) in [6, 6.07) is 8.38. The van der Waals surface area contributed by atoms with Crippen molar-refractivity contribution in [3.05, 3.63) is 47.0 Å². The second-order valence-corrected chi connectivity index (χ2v) is 13.8. The van der Waals surface area contributed by atoms with Gasteiger partial charge in [-0.25, -0.2) is 4.79 Å². The second-order valence-electron chi connectivity index (χ2n) is 13.8. The molecule has 0 radical (unpaired) electrons. The number of aliphatic hydroxyl groups is 3. The molecule has 2 bridgehead atoms. The maximum Gasteiger partial charge on any atom is 0.338 e. The number of benzene rings is 1. The molecule has 0 heterocycles. The number of hydrogen-bond acceptors (Lipinski definition) is 9. The smallest absolute Gasteiger partial charge is 0.338 e. The van der Waals surface area contributed by atoms with Crippen molar-refractivity contribution < 1.29 is 43.9 Å². The fourth-order valence-corrected chi connectivity index (χ4v) is 9.10. The topological polar surface area (TPSA) is 140 Å². The third-order valence-electron chi connectivity index (χ3n) is 11.3. The van der Waals surface area contributed by atoms with Crippen molar-refractivity contribution >= 4 is 17.9 Å². The molecule has 0 amide bonds. The van der Waals surface area contributed by atoms with Gasteiger partial charge in [-0.1, -0.05) is 65.3 Å². The van der Waals surface area contributed by atoms with Gasteiger partial charge in [0.15, 0.2) is 0 Å². The molecule has 10 atom stereocenters. The molecule has 0 aliphatic heterocycles. The Hall–Kier alpha value is -2.75. The molecular weight excluding hydrogens is 552 g/mol. The summed E-state index contributed by atoms with van der Waals surface area (Å²) in [7, 11) is 0. The van der Waals surface area contributed by atoms with Gasteiger partial charge >= 0.3 is 17.9 Å². The van der Waals surface area contributed by atoms with E-state index >= 15 is 0 Å². The van der Waals surface area contributed by atoms with Gasteiger partial charge in [0.25, 0.3) is 0 Å². The maximum atomic E-state index is 13.9. The van der Waals surface area contributed by atoms with Gasteiger partial charge in [-0.3, -0.25) is 9.59 Å². The van der Waals surface area contributed by atoms with E-state index in [-0.39, 0.29) is 30.7 Å². The van der Waals surface area contributed by atoms with Crippen LogP contribution in [0.3, 0.4) is 0 Å². The van der Waals surface area contributed by atoms with Crippen molar-refractivity contribution in [3.8, 4) is 0 Å². The third-order valence-corrected chi connectivity index (χ3v) is 11.3. The molecule has 0 saturated heterocycles. The van der Waals surface area contributed by atoms with E-state index in [4.69, 9.17) is 14.2 Å². The molecule has 43 heavy (non-hydrogen) atoms. The number of esters is 3. The number of ether oxygens (including phenoxy) is 3. The van der Waals surface area contributed by atoms with Crippen molar-refractivity contribution in [2.75, 3.05) is 0 Å². The highest BCUT2D eigenvalue weighted by Crippen LogP contribution is 2.66. The molecule has 3 aliphatic rings. The molecule has 9 heteroatoms. The Labute approximate surface area is 254 Å². The average Bonchev–Trinajstić information content (AvgIpc) is 2.92. The number of hydrogen-bond donors (Lipinski definition) is 3. The van der Waals surface area contributed by atoms with E-state index in [1.54, 1.807) is 37.3 Å². The van der Waals surface area contributed by atoms with E-state index in [9.17, 15) is 29.7 Å². The summed E-state index contributed by atoms with van der Waals surface area (Å²) in [6.45, 7) is 15.6. The van der Waals surface area contributed by atoms with Crippen LogP contribution in [0.1, 0.15) is 91.9 Å². The van der Waals surface area contributed by atoms with E-state index in [0.29, 0.717) is 11.1 Å². The lowest BCUT2D eigenvalue weighted by molar-refractivity contribution is -0.300. The van der Waals surface area contributed by atoms with E-state index in [1.807, 2.05) is 41.5 Å². The van der Waals surface area contributed by atoms with E-state index in [2.05, 4.69) is 0 Å². The molecule has 2 saturated carbocycles. The first-order valence-electron chi connectivity index (χ1n) is 15.3. The minimum Gasteiger partial charge on any atom is -0.461 e. The monoisotopic (exact) mass is 600 g/mol. The molecule has 0 aromatic heterocycles. The molecular formula is C34H48O9. The molecule has 1 aromatic carbocycles. The van der Waals surface area contributed by atoms with Crippen molar-refractivity contribution in [2.45, 2.75) is 117 Å². The van der Waals surface area contributed by atoms with Crippen LogP contribution in [0.15, 0.2) is 41.5 Å². The predicted octanol–water partition coefficient (Wildman–Crippen LogP) is 4.37. The van der Waals surface area contributed by atoms with Crippen molar-refractivity contribution in [3.63, 3.8) is 0 Å². The average molecular weight is 601 g/mol. The Morgan fingerprint density at radius 2 is 1.56 bits per heavy atom. The van der Waals surface area contributed by atoms with Gasteiger partial charge in [0.05, 0.1) is 23.7 Å². The lowest BCUT2D eigenvalue weighted by atomic mass is 9.42. The first kappa shape index (κ1) is 33.1. The highest BCUT2D eigenvalue weighted by molar-refractivity contribution is 5.89. The Morgan fingerprint density at radius 1 is 0.953 bits per heavy atom. The summed E-state index contributed by atoms with van der Waals surface area (Å²) >= 11 is 0.